The minimum Gasteiger partial charge on any atom is -0.325 e. The SMILES string of the molecule is O=C(Nc1cc(F)cc(F)c1)[C@@H]1CCCCN1CCN1CCCCC1. The molecule has 138 valence electrons. The molecular weight excluding hydrogens is 324 g/mol. The number of carbonyl (C=O) groups is 1. The molecule has 2 aliphatic rings. The van der Waals surface area contributed by atoms with Gasteiger partial charge in [-0.25, -0.2) is 8.78 Å². The molecule has 0 spiro atoms. The third-order valence-electron chi connectivity index (χ3n) is 5.20. The molecule has 0 unspecified atom stereocenters. The van der Waals surface area contributed by atoms with E-state index in [4.69, 9.17) is 0 Å². The lowest BCUT2D eigenvalue weighted by molar-refractivity contribution is -0.122. The van der Waals surface area contributed by atoms with Gasteiger partial charge in [0.25, 0.3) is 0 Å². The zero-order valence-corrected chi connectivity index (χ0v) is 14.6. The van der Waals surface area contributed by atoms with Crippen molar-refractivity contribution in [3.63, 3.8) is 0 Å². The average Bonchev–Trinajstić information content (AvgIpc) is 2.60. The average molecular weight is 351 g/mol. The first-order valence-electron chi connectivity index (χ1n) is 9.35. The van der Waals surface area contributed by atoms with Crippen molar-refractivity contribution in [1.29, 1.82) is 0 Å². The van der Waals surface area contributed by atoms with Crippen LogP contribution in [0.1, 0.15) is 38.5 Å². The molecule has 3 rings (SSSR count). The molecule has 1 aromatic carbocycles. The van der Waals surface area contributed by atoms with Crippen LogP contribution in [-0.4, -0.2) is 54.5 Å². The van der Waals surface area contributed by atoms with Gasteiger partial charge in [-0.1, -0.05) is 12.8 Å². The molecule has 0 bridgehead atoms. The lowest BCUT2D eigenvalue weighted by atomic mass is 10.0. The molecule has 2 heterocycles. The maximum atomic E-state index is 13.3. The lowest BCUT2D eigenvalue weighted by Gasteiger charge is -2.36. The molecule has 0 saturated carbocycles. The van der Waals surface area contributed by atoms with E-state index in [0.717, 1.165) is 70.2 Å². The third kappa shape index (κ3) is 5.22. The van der Waals surface area contributed by atoms with Crippen LogP contribution in [-0.2, 0) is 4.79 Å². The molecular formula is C19H27F2N3O. The molecule has 0 aromatic heterocycles. The van der Waals surface area contributed by atoms with Gasteiger partial charge in [0, 0.05) is 24.8 Å². The molecule has 4 nitrogen and oxygen atoms in total. The van der Waals surface area contributed by atoms with E-state index in [1.807, 2.05) is 0 Å². The van der Waals surface area contributed by atoms with Gasteiger partial charge < -0.3 is 10.2 Å². The van der Waals surface area contributed by atoms with Gasteiger partial charge in [-0.15, -0.1) is 0 Å². The van der Waals surface area contributed by atoms with Crippen LogP contribution in [0.25, 0.3) is 0 Å². The van der Waals surface area contributed by atoms with E-state index in [2.05, 4.69) is 15.1 Å². The number of hydrogen-bond acceptors (Lipinski definition) is 3. The zero-order chi connectivity index (χ0) is 17.6. The summed E-state index contributed by atoms with van der Waals surface area (Å²) in [6.45, 7) is 5.05. The number of benzene rings is 1. The van der Waals surface area contributed by atoms with E-state index in [0.29, 0.717) is 0 Å². The highest BCUT2D eigenvalue weighted by molar-refractivity contribution is 5.94. The van der Waals surface area contributed by atoms with Crippen LogP contribution >= 0.6 is 0 Å². The fourth-order valence-corrected chi connectivity index (χ4v) is 3.86. The molecule has 0 radical (unpaired) electrons. The van der Waals surface area contributed by atoms with Crippen LogP contribution in [0.2, 0.25) is 0 Å². The second kappa shape index (κ2) is 8.72. The predicted octanol–water partition coefficient (Wildman–Crippen LogP) is 3.24. The molecule has 25 heavy (non-hydrogen) atoms. The fourth-order valence-electron chi connectivity index (χ4n) is 3.86. The normalized spacial score (nSPS) is 22.7. The Labute approximate surface area is 148 Å². The number of likely N-dealkylation sites (tertiary alicyclic amines) is 2. The molecule has 1 aromatic rings. The molecule has 1 amide bonds. The molecule has 0 aliphatic carbocycles. The van der Waals surface area contributed by atoms with E-state index in [9.17, 15) is 13.6 Å². The number of nitrogens with zero attached hydrogens (tertiary/aromatic N) is 2. The molecule has 2 aliphatic heterocycles. The summed E-state index contributed by atoms with van der Waals surface area (Å²) in [5, 5.41) is 2.69. The Morgan fingerprint density at radius 2 is 1.64 bits per heavy atom. The number of rotatable bonds is 5. The van der Waals surface area contributed by atoms with Crippen molar-refractivity contribution in [1.82, 2.24) is 9.80 Å². The Bertz CT molecular complexity index is 570. The monoisotopic (exact) mass is 351 g/mol. The smallest absolute Gasteiger partial charge is 0.241 e. The number of halogens is 2. The van der Waals surface area contributed by atoms with Crippen molar-refractivity contribution in [2.24, 2.45) is 0 Å². The van der Waals surface area contributed by atoms with Gasteiger partial charge in [-0.3, -0.25) is 9.69 Å². The van der Waals surface area contributed by atoms with E-state index >= 15 is 0 Å². The molecule has 2 fully saturated rings. The van der Waals surface area contributed by atoms with Gasteiger partial charge in [0.2, 0.25) is 5.91 Å². The summed E-state index contributed by atoms with van der Waals surface area (Å²) in [5.41, 5.74) is 0.184. The molecule has 1 N–H and O–H groups in total. The van der Waals surface area contributed by atoms with E-state index in [-0.39, 0.29) is 17.6 Å². The highest BCUT2D eigenvalue weighted by Gasteiger charge is 2.29. The van der Waals surface area contributed by atoms with Crippen molar-refractivity contribution < 1.29 is 13.6 Å². The first-order chi connectivity index (χ1) is 12.1. The lowest BCUT2D eigenvalue weighted by Crippen LogP contribution is -2.50. The second-order valence-corrected chi connectivity index (χ2v) is 7.10. The number of anilines is 1. The largest absolute Gasteiger partial charge is 0.325 e. The van der Waals surface area contributed by atoms with Gasteiger partial charge in [0.15, 0.2) is 0 Å². The Morgan fingerprint density at radius 1 is 0.960 bits per heavy atom. The van der Waals surface area contributed by atoms with E-state index in [1.165, 1.54) is 19.3 Å². The summed E-state index contributed by atoms with van der Waals surface area (Å²) in [7, 11) is 0. The highest BCUT2D eigenvalue weighted by atomic mass is 19.1. The van der Waals surface area contributed by atoms with Gasteiger partial charge in [-0.05, 0) is 57.5 Å². The first-order valence-corrected chi connectivity index (χ1v) is 9.35. The molecule has 1 atom stereocenters. The summed E-state index contributed by atoms with van der Waals surface area (Å²) in [6, 6.07) is 2.90. The first kappa shape index (κ1) is 18.3. The summed E-state index contributed by atoms with van der Waals surface area (Å²) in [5.74, 6) is -1.52. The van der Waals surface area contributed by atoms with Crippen molar-refractivity contribution >= 4 is 11.6 Å². The molecule has 2 saturated heterocycles. The van der Waals surface area contributed by atoms with Crippen LogP contribution in [0.5, 0.6) is 0 Å². The van der Waals surface area contributed by atoms with E-state index < -0.39 is 11.6 Å². The van der Waals surface area contributed by atoms with Crippen LogP contribution in [0.15, 0.2) is 18.2 Å². The Hall–Kier alpha value is -1.53. The maximum Gasteiger partial charge on any atom is 0.241 e. The van der Waals surface area contributed by atoms with Crippen LogP contribution in [0.3, 0.4) is 0 Å². The fraction of sp³-hybridized carbons (Fsp3) is 0.632. The standard InChI is InChI=1S/C19H27F2N3O/c20-15-12-16(21)14-17(13-15)22-19(25)18-6-2-5-9-24(18)11-10-23-7-3-1-4-8-23/h12-14,18H,1-11H2,(H,22,25)/t18-/m0/s1. The topological polar surface area (TPSA) is 35.6 Å². The molecule has 6 heteroatoms. The minimum atomic E-state index is -0.680. The number of hydrogen-bond donors (Lipinski definition) is 1. The van der Waals surface area contributed by atoms with Crippen LogP contribution in [0, 0.1) is 11.6 Å². The zero-order valence-electron chi connectivity index (χ0n) is 14.6. The van der Waals surface area contributed by atoms with Crippen LogP contribution < -0.4 is 5.32 Å². The number of piperidine rings is 2. The number of amides is 1. The van der Waals surface area contributed by atoms with Crippen molar-refractivity contribution in [3.05, 3.63) is 29.8 Å². The highest BCUT2D eigenvalue weighted by Crippen LogP contribution is 2.20. The summed E-state index contributed by atoms with van der Waals surface area (Å²) in [6.07, 6.45) is 6.73. The van der Waals surface area contributed by atoms with Gasteiger partial charge >= 0.3 is 0 Å². The number of carbonyl (C=O) groups excluding carboxylic acids is 1. The Kier molecular flexibility index (Phi) is 6.37. The predicted molar refractivity (Wildman–Crippen MR) is 94.5 cm³/mol. The quantitative estimate of drug-likeness (QED) is 0.885. The summed E-state index contributed by atoms with van der Waals surface area (Å²) in [4.78, 5) is 17.3. The van der Waals surface area contributed by atoms with Crippen molar-refractivity contribution in [2.45, 2.75) is 44.6 Å². The van der Waals surface area contributed by atoms with E-state index in [1.54, 1.807) is 0 Å². The minimum absolute atomic E-state index is 0.164. The maximum absolute atomic E-state index is 13.3. The van der Waals surface area contributed by atoms with Crippen molar-refractivity contribution in [2.75, 3.05) is 38.0 Å². The van der Waals surface area contributed by atoms with Gasteiger partial charge in [-0.2, -0.15) is 0 Å². The van der Waals surface area contributed by atoms with Gasteiger partial charge in [0.05, 0.1) is 6.04 Å². The van der Waals surface area contributed by atoms with Crippen molar-refractivity contribution in [3.8, 4) is 0 Å². The summed E-state index contributed by atoms with van der Waals surface area (Å²) >= 11 is 0. The Balaban J connectivity index is 1.58. The van der Waals surface area contributed by atoms with Crippen LogP contribution in [0.4, 0.5) is 14.5 Å². The summed E-state index contributed by atoms with van der Waals surface area (Å²) < 4.78 is 26.6. The third-order valence-corrected chi connectivity index (χ3v) is 5.20. The van der Waals surface area contributed by atoms with Gasteiger partial charge in [0.1, 0.15) is 11.6 Å². The number of nitrogens with one attached hydrogen (secondary N) is 1. The Morgan fingerprint density at radius 3 is 2.36 bits per heavy atom. The second-order valence-electron chi connectivity index (χ2n) is 7.10.